The minimum absolute atomic E-state index is 0.0371. The lowest BCUT2D eigenvalue weighted by Gasteiger charge is -2.33. The lowest BCUT2D eigenvalue weighted by molar-refractivity contribution is 0.0704. The smallest absolute Gasteiger partial charge is 0.259 e. The Labute approximate surface area is 148 Å². The van der Waals surface area contributed by atoms with Gasteiger partial charge in [-0.05, 0) is 43.4 Å². The molecule has 0 saturated carbocycles. The van der Waals surface area contributed by atoms with Gasteiger partial charge in [0.25, 0.3) is 5.91 Å². The summed E-state index contributed by atoms with van der Waals surface area (Å²) in [6, 6.07) is 4.12. The van der Waals surface area contributed by atoms with E-state index in [0.29, 0.717) is 23.8 Å². The second-order valence-electron chi connectivity index (χ2n) is 6.97. The summed E-state index contributed by atoms with van der Waals surface area (Å²) in [5, 5.41) is 7.17. The molecule has 1 fully saturated rings. The van der Waals surface area contributed by atoms with E-state index >= 15 is 0 Å². The van der Waals surface area contributed by atoms with Crippen LogP contribution < -0.4 is 5.32 Å². The summed E-state index contributed by atoms with van der Waals surface area (Å²) < 4.78 is 5.30. The zero-order valence-corrected chi connectivity index (χ0v) is 15.4. The van der Waals surface area contributed by atoms with E-state index < -0.39 is 0 Å². The summed E-state index contributed by atoms with van der Waals surface area (Å²) in [5.41, 5.74) is 2.62. The molecule has 1 aliphatic heterocycles. The zero-order chi connectivity index (χ0) is 18.0. The minimum Gasteiger partial charge on any atom is -0.373 e. The van der Waals surface area contributed by atoms with Gasteiger partial charge in [0.2, 0.25) is 0 Å². The molecule has 1 amide bonds. The topological polar surface area (TPSA) is 71.3 Å². The second-order valence-corrected chi connectivity index (χ2v) is 6.97. The lowest BCUT2D eigenvalue weighted by atomic mass is 9.90. The number of aryl methyl sites for hydroxylation is 1. The van der Waals surface area contributed by atoms with E-state index in [4.69, 9.17) is 4.52 Å². The Bertz CT molecular complexity index is 754. The molecular formula is C19H26N4O2. The van der Waals surface area contributed by atoms with Gasteiger partial charge in [-0.15, -0.1) is 0 Å². The van der Waals surface area contributed by atoms with Crippen LogP contribution in [0.3, 0.4) is 0 Å². The van der Waals surface area contributed by atoms with Crippen molar-refractivity contribution in [2.75, 3.05) is 25.5 Å². The number of nitrogens with one attached hydrogen (secondary N) is 1. The Hall–Kier alpha value is -2.37. The normalized spacial score (nSPS) is 17.8. The molecule has 1 atom stereocenters. The van der Waals surface area contributed by atoms with E-state index in [1.54, 1.807) is 0 Å². The Morgan fingerprint density at radius 1 is 1.44 bits per heavy atom. The highest BCUT2D eigenvalue weighted by Crippen LogP contribution is 2.30. The Morgan fingerprint density at radius 2 is 2.24 bits per heavy atom. The van der Waals surface area contributed by atoms with Gasteiger partial charge in [0, 0.05) is 32.3 Å². The number of likely N-dealkylation sites (tertiary alicyclic amines) is 1. The summed E-state index contributed by atoms with van der Waals surface area (Å²) >= 11 is 0. The van der Waals surface area contributed by atoms with E-state index in [0.717, 1.165) is 30.9 Å². The fourth-order valence-electron chi connectivity index (χ4n) is 3.47. The highest BCUT2D eigenvalue weighted by atomic mass is 16.5. The largest absolute Gasteiger partial charge is 0.373 e. The molecule has 0 spiro atoms. The van der Waals surface area contributed by atoms with Crippen LogP contribution in [0.2, 0.25) is 0 Å². The van der Waals surface area contributed by atoms with Gasteiger partial charge in [0.15, 0.2) is 0 Å². The number of rotatable bonds is 4. The number of aromatic nitrogens is 2. The molecule has 0 aromatic carbocycles. The molecule has 25 heavy (non-hydrogen) atoms. The summed E-state index contributed by atoms with van der Waals surface area (Å²) in [7, 11) is 1.87. The van der Waals surface area contributed by atoms with E-state index in [-0.39, 0.29) is 11.8 Å². The summed E-state index contributed by atoms with van der Waals surface area (Å²) in [6.45, 7) is 7.37. The van der Waals surface area contributed by atoms with E-state index in [1.165, 1.54) is 5.56 Å². The highest BCUT2D eigenvalue weighted by molar-refractivity contribution is 5.96. The SMILES string of the molecule is CNc1cc([C@H]2CCCN(C(=O)c3c(C(C)C)noc3C)C2)ccn1. The van der Waals surface area contributed by atoms with Crippen molar-refractivity contribution >= 4 is 11.7 Å². The number of carbonyl (C=O) groups is 1. The number of carbonyl (C=O) groups excluding carboxylic acids is 1. The zero-order valence-electron chi connectivity index (χ0n) is 15.4. The molecule has 1 saturated heterocycles. The van der Waals surface area contributed by atoms with Gasteiger partial charge >= 0.3 is 0 Å². The number of nitrogens with zero attached hydrogens (tertiary/aromatic N) is 3. The number of pyridine rings is 1. The molecule has 134 valence electrons. The van der Waals surface area contributed by atoms with Crippen LogP contribution in [0, 0.1) is 6.92 Å². The lowest BCUT2D eigenvalue weighted by Crippen LogP contribution is -2.39. The average Bonchev–Trinajstić information content (AvgIpc) is 3.03. The number of hydrogen-bond donors (Lipinski definition) is 1. The van der Waals surface area contributed by atoms with Crippen molar-refractivity contribution in [3.63, 3.8) is 0 Å². The van der Waals surface area contributed by atoms with Crippen molar-refractivity contribution in [1.82, 2.24) is 15.0 Å². The molecule has 3 heterocycles. The van der Waals surface area contributed by atoms with Crippen LogP contribution in [0.1, 0.15) is 65.9 Å². The van der Waals surface area contributed by atoms with Gasteiger partial charge in [0.05, 0.1) is 5.69 Å². The van der Waals surface area contributed by atoms with Crippen LogP contribution in [0.4, 0.5) is 5.82 Å². The minimum atomic E-state index is 0.0371. The number of piperidine rings is 1. The first-order valence-corrected chi connectivity index (χ1v) is 8.90. The van der Waals surface area contributed by atoms with Crippen molar-refractivity contribution < 1.29 is 9.32 Å². The van der Waals surface area contributed by atoms with Crippen molar-refractivity contribution in [3.05, 3.63) is 40.9 Å². The van der Waals surface area contributed by atoms with Crippen LogP contribution in [0.25, 0.3) is 0 Å². The third-order valence-corrected chi connectivity index (χ3v) is 4.87. The summed E-state index contributed by atoms with van der Waals surface area (Å²) in [5.74, 6) is 2.00. The molecule has 2 aromatic rings. The molecule has 0 unspecified atom stereocenters. The van der Waals surface area contributed by atoms with Gasteiger partial charge in [0.1, 0.15) is 17.1 Å². The first-order valence-electron chi connectivity index (χ1n) is 8.90. The Morgan fingerprint density at radius 3 is 2.96 bits per heavy atom. The van der Waals surface area contributed by atoms with Crippen molar-refractivity contribution in [1.29, 1.82) is 0 Å². The second kappa shape index (κ2) is 7.25. The predicted octanol–water partition coefficient (Wildman–Crippen LogP) is 3.56. The highest BCUT2D eigenvalue weighted by Gasteiger charge is 2.30. The monoisotopic (exact) mass is 342 g/mol. The van der Waals surface area contributed by atoms with Gasteiger partial charge in [-0.1, -0.05) is 19.0 Å². The molecule has 3 rings (SSSR count). The van der Waals surface area contributed by atoms with E-state index in [2.05, 4.69) is 21.5 Å². The van der Waals surface area contributed by atoms with Crippen LogP contribution >= 0.6 is 0 Å². The van der Waals surface area contributed by atoms with Crippen molar-refractivity contribution in [3.8, 4) is 0 Å². The molecule has 2 aromatic heterocycles. The fraction of sp³-hybridized carbons (Fsp3) is 0.526. The Balaban J connectivity index is 1.81. The molecule has 6 heteroatoms. The Kier molecular flexibility index (Phi) is 5.06. The van der Waals surface area contributed by atoms with E-state index in [1.807, 2.05) is 45.0 Å². The molecule has 0 radical (unpaired) electrons. The molecule has 0 bridgehead atoms. The van der Waals surface area contributed by atoms with Crippen LogP contribution in [0.15, 0.2) is 22.9 Å². The van der Waals surface area contributed by atoms with E-state index in [9.17, 15) is 4.79 Å². The molecular weight excluding hydrogens is 316 g/mol. The quantitative estimate of drug-likeness (QED) is 0.920. The number of amides is 1. The molecule has 1 N–H and O–H groups in total. The maximum Gasteiger partial charge on any atom is 0.259 e. The molecule has 1 aliphatic rings. The van der Waals surface area contributed by atoms with Crippen molar-refractivity contribution in [2.24, 2.45) is 0 Å². The summed E-state index contributed by atoms with van der Waals surface area (Å²) in [6.07, 6.45) is 3.90. The first-order chi connectivity index (χ1) is 12.0. The average molecular weight is 342 g/mol. The third kappa shape index (κ3) is 3.52. The van der Waals surface area contributed by atoms with Crippen LogP contribution in [-0.4, -0.2) is 41.1 Å². The van der Waals surface area contributed by atoms with Gasteiger partial charge < -0.3 is 14.7 Å². The van der Waals surface area contributed by atoms with Gasteiger partial charge in [-0.3, -0.25) is 4.79 Å². The van der Waals surface area contributed by atoms with Gasteiger partial charge in [-0.2, -0.15) is 0 Å². The van der Waals surface area contributed by atoms with Crippen molar-refractivity contribution in [2.45, 2.75) is 45.4 Å². The first kappa shape index (κ1) is 17.5. The van der Waals surface area contributed by atoms with Gasteiger partial charge in [-0.25, -0.2) is 4.98 Å². The maximum atomic E-state index is 13.1. The van der Waals surface area contributed by atoms with Crippen LogP contribution in [-0.2, 0) is 0 Å². The summed E-state index contributed by atoms with van der Waals surface area (Å²) in [4.78, 5) is 19.3. The standard InChI is InChI=1S/C19H26N4O2/c1-12(2)18-17(13(3)25-22-18)19(24)23-9-5-6-15(11-23)14-7-8-21-16(10-14)20-4/h7-8,10,12,15H,5-6,9,11H2,1-4H3,(H,20,21)/t15-/m0/s1. The third-order valence-electron chi connectivity index (χ3n) is 4.87. The molecule has 0 aliphatic carbocycles. The molecule has 6 nitrogen and oxygen atoms in total. The maximum absolute atomic E-state index is 13.1. The number of anilines is 1. The van der Waals surface area contributed by atoms with Crippen LogP contribution in [0.5, 0.6) is 0 Å². The predicted molar refractivity (Wildman–Crippen MR) is 97.0 cm³/mol. The fourth-order valence-corrected chi connectivity index (χ4v) is 3.47. The number of hydrogen-bond acceptors (Lipinski definition) is 5.